The lowest BCUT2D eigenvalue weighted by atomic mass is 9.94. The van der Waals surface area contributed by atoms with Crippen molar-refractivity contribution < 1.29 is 69.3 Å². The van der Waals surface area contributed by atoms with Gasteiger partial charge in [0.2, 0.25) is 0 Å². The Labute approximate surface area is 212 Å². The molecule has 0 aromatic carbocycles. The lowest BCUT2D eigenvalue weighted by Gasteiger charge is -2.49. The highest BCUT2D eigenvalue weighted by Gasteiger charge is 2.52. The van der Waals surface area contributed by atoms with Crippen LogP contribution in [-0.4, -0.2) is 159 Å². The maximum atomic E-state index is 10.9. The first-order chi connectivity index (χ1) is 17.4. The summed E-state index contributed by atoms with van der Waals surface area (Å²) in [6.07, 6.45) is -17.8. The van der Waals surface area contributed by atoms with Crippen LogP contribution in [-0.2, 0) is 28.4 Å². The van der Waals surface area contributed by atoms with Crippen molar-refractivity contribution in [3.05, 3.63) is 0 Å². The summed E-state index contributed by atoms with van der Waals surface area (Å²) in [4.78, 5) is 0. The summed E-state index contributed by atoms with van der Waals surface area (Å²) in [7, 11) is 0. The molecule has 0 spiro atoms. The van der Waals surface area contributed by atoms with Gasteiger partial charge in [-0.2, -0.15) is 0 Å². The minimum absolute atomic E-state index is 0.648. The van der Waals surface area contributed by atoms with Gasteiger partial charge in [0, 0.05) is 0 Å². The zero-order chi connectivity index (χ0) is 27.6. The second-order valence-corrected chi connectivity index (χ2v) is 9.30. The van der Waals surface area contributed by atoms with Crippen molar-refractivity contribution in [3.63, 3.8) is 0 Å². The molecule has 37 heavy (non-hydrogen) atoms. The van der Waals surface area contributed by atoms with Gasteiger partial charge < -0.3 is 86.5 Å². The lowest BCUT2D eigenvalue weighted by molar-refractivity contribution is -0.354. The van der Waals surface area contributed by atoms with Gasteiger partial charge in [0.25, 0.3) is 0 Å². The Bertz CT molecular complexity index is 707. The van der Waals surface area contributed by atoms with E-state index in [4.69, 9.17) is 45.6 Å². The van der Waals surface area contributed by atoms with Gasteiger partial charge in [-0.1, -0.05) is 0 Å². The molecule has 3 unspecified atom stereocenters. The van der Waals surface area contributed by atoms with Crippen LogP contribution in [0.25, 0.3) is 0 Å². The highest BCUT2D eigenvalue weighted by molar-refractivity contribution is 4.99. The third-order valence-corrected chi connectivity index (χ3v) is 6.66. The Morgan fingerprint density at radius 1 is 0.649 bits per heavy atom. The molecule has 0 bridgehead atoms. The molecule has 3 saturated heterocycles. The molecule has 3 aliphatic rings. The van der Waals surface area contributed by atoms with Crippen LogP contribution >= 0.6 is 0 Å². The van der Waals surface area contributed by atoms with Crippen LogP contribution < -0.4 is 17.2 Å². The molecule has 3 rings (SSSR count). The maximum Gasteiger partial charge on any atom is 0.176 e. The second-order valence-electron chi connectivity index (χ2n) is 9.30. The second kappa shape index (κ2) is 13.1. The van der Waals surface area contributed by atoms with Crippen LogP contribution in [0.5, 0.6) is 0 Å². The smallest absolute Gasteiger partial charge is 0.176 e. The molecule has 3 aliphatic heterocycles. The largest absolute Gasteiger partial charge is 0.394 e. The minimum Gasteiger partial charge on any atom is -0.394 e. The van der Waals surface area contributed by atoms with E-state index in [1.54, 1.807) is 0 Å². The number of hydrogen-bond acceptors (Lipinski definition) is 17. The van der Waals surface area contributed by atoms with E-state index >= 15 is 0 Å². The molecule has 0 radical (unpaired) electrons. The molecule has 0 amide bonds. The quantitative estimate of drug-likeness (QED) is 0.120. The van der Waals surface area contributed by atoms with Crippen molar-refractivity contribution >= 4 is 0 Å². The van der Waals surface area contributed by atoms with E-state index in [0.717, 1.165) is 0 Å². The van der Waals surface area contributed by atoms with Gasteiger partial charge in [-0.15, -0.1) is 0 Å². The summed E-state index contributed by atoms with van der Waals surface area (Å²) in [5, 5.41) is 79.9. The summed E-state index contributed by atoms with van der Waals surface area (Å²) in [5.74, 6) is 0. The number of ether oxygens (including phenoxy) is 6. The molecule has 17 heteroatoms. The first-order valence-electron chi connectivity index (χ1n) is 11.9. The predicted octanol–water partition coefficient (Wildman–Crippen LogP) is -7.31. The Morgan fingerprint density at radius 2 is 1.14 bits per heavy atom. The fourth-order valence-electron chi connectivity index (χ4n) is 4.56. The number of rotatable bonds is 9. The molecular weight excluding hydrogens is 506 g/mol. The topological polar surface area (TPSA) is 295 Å². The van der Waals surface area contributed by atoms with E-state index in [0.29, 0.717) is 0 Å². The monoisotopic (exact) mass is 545 g/mol. The first-order valence-corrected chi connectivity index (χ1v) is 11.9. The molecule has 16 atom stereocenters. The van der Waals surface area contributed by atoms with Gasteiger partial charge in [-0.05, 0) is 6.92 Å². The van der Waals surface area contributed by atoms with Gasteiger partial charge in [-0.3, -0.25) is 0 Å². The lowest BCUT2D eigenvalue weighted by Crippen LogP contribution is -2.69. The van der Waals surface area contributed by atoms with Gasteiger partial charge in [0.15, 0.2) is 25.2 Å². The molecule has 3 heterocycles. The zero-order valence-corrected chi connectivity index (χ0v) is 20.1. The molecule has 14 N–H and O–H groups in total. The third-order valence-electron chi connectivity index (χ3n) is 6.66. The van der Waals surface area contributed by atoms with E-state index in [1.807, 2.05) is 0 Å². The number of hydrogen-bond donors (Lipinski definition) is 11. The van der Waals surface area contributed by atoms with Gasteiger partial charge in [0.1, 0.15) is 54.9 Å². The van der Waals surface area contributed by atoms with Gasteiger partial charge in [0.05, 0.1) is 37.9 Å². The highest BCUT2D eigenvalue weighted by atomic mass is 16.7. The molecule has 0 aliphatic carbocycles. The Kier molecular flexibility index (Phi) is 10.9. The molecule has 3 fully saturated rings. The molecule has 17 nitrogen and oxygen atoms in total. The summed E-state index contributed by atoms with van der Waals surface area (Å²) >= 11 is 0. The van der Waals surface area contributed by atoms with E-state index in [9.17, 15) is 40.9 Å². The predicted molar refractivity (Wildman–Crippen MR) is 118 cm³/mol. The van der Waals surface area contributed by atoms with Gasteiger partial charge >= 0.3 is 0 Å². The van der Waals surface area contributed by atoms with Crippen molar-refractivity contribution in [1.82, 2.24) is 0 Å². The Balaban J connectivity index is 1.76. The molecule has 0 aromatic heterocycles. The number of nitrogens with two attached hydrogens (primary N) is 3. The van der Waals surface area contributed by atoms with Crippen LogP contribution in [0.2, 0.25) is 0 Å². The van der Waals surface area contributed by atoms with Crippen molar-refractivity contribution in [3.8, 4) is 0 Å². The standard InChI is InChI=1S/C20H39N3O14/c1-5(27)32-17-11(23)18(31)33-8(4-26)16(17)37-20-10(22)14(30)15(7(3-25)35-20)36-19-9(21)13(29)12(28)6(2-24)34-19/h5-20,24-31H,2-4,21-23H2,1H3/t5?,6-,7-,8-,9-,10-,11-,12-,13-,14-,15?,16?,17-,18-,19+,20+/m1/s1. The first kappa shape index (κ1) is 30.9. The van der Waals surface area contributed by atoms with E-state index in [2.05, 4.69) is 0 Å². The maximum absolute atomic E-state index is 10.9. The summed E-state index contributed by atoms with van der Waals surface area (Å²) < 4.78 is 33.3. The summed E-state index contributed by atoms with van der Waals surface area (Å²) in [5.41, 5.74) is 18.0. The average Bonchev–Trinajstić information content (AvgIpc) is 2.87. The van der Waals surface area contributed by atoms with E-state index < -0.39 is 118 Å². The third kappa shape index (κ3) is 6.56. The fraction of sp³-hybridized carbons (Fsp3) is 1.00. The highest BCUT2D eigenvalue weighted by Crippen LogP contribution is 2.32. The molecule has 0 aromatic rings. The van der Waals surface area contributed by atoms with Crippen LogP contribution in [0, 0.1) is 0 Å². The van der Waals surface area contributed by atoms with Crippen molar-refractivity contribution in [2.45, 2.75) is 105 Å². The summed E-state index contributed by atoms with van der Waals surface area (Å²) in [6, 6.07) is -3.83. The van der Waals surface area contributed by atoms with Crippen LogP contribution in [0.15, 0.2) is 0 Å². The molecular formula is C20H39N3O14. The molecule has 218 valence electrons. The normalized spacial score (nSPS) is 50.1. The van der Waals surface area contributed by atoms with Crippen molar-refractivity contribution in [2.75, 3.05) is 19.8 Å². The number of aliphatic hydroxyl groups is 8. The van der Waals surface area contributed by atoms with Crippen molar-refractivity contribution in [1.29, 1.82) is 0 Å². The summed E-state index contributed by atoms with van der Waals surface area (Å²) in [6.45, 7) is -0.715. The average molecular weight is 546 g/mol. The van der Waals surface area contributed by atoms with Gasteiger partial charge in [-0.25, -0.2) is 0 Å². The number of aliphatic hydroxyl groups excluding tert-OH is 8. The minimum atomic E-state index is -1.57. The van der Waals surface area contributed by atoms with E-state index in [1.165, 1.54) is 6.92 Å². The van der Waals surface area contributed by atoms with E-state index in [-0.39, 0.29) is 0 Å². The van der Waals surface area contributed by atoms with Crippen molar-refractivity contribution in [2.24, 2.45) is 17.2 Å². The zero-order valence-electron chi connectivity index (χ0n) is 20.1. The Hall–Kier alpha value is -0.680. The molecule has 0 saturated carbocycles. The fourth-order valence-corrected chi connectivity index (χ4v) is 4.56. The van der Waals surface area contributed by atoms with Crippen LogP contribution in [0.3, 0.4) is 0 Å². The SMILES string of the molecule is CC(O)O[C@H]1C(O[C@@H]2O[C@H](CO)C(O[C@@H]3O[C@H](CO)[C@@H](O)[C@H](O)[C@H]3N)[C@H](O)[C@H]2N)[C@@H](CO)O[C@@H](O)[C@@H]1N. The van der Waals surface area contributed by atoms with Crippen LogP contribution in [0.4, 0.5) is 0 Å². The Morgan fingerprint density at radius 3 is 1.68 bits per heavy atom. The van der Waals surface area contributed by atoms with Crippen LogP contribution in [0.1, 0.15) is 6.92 Å².